The molecule has 0 aliphatic rings. The average Bonchev–Trinajstić information content (AvgIpc) is 2.53. The molecule has 2 heteroatoms. The summed E-state index contributed by atoms with van der Waals surface area (Å²) in [5, 5.41) is 5.89. The first-order chi connectivity index (χ1) is 10.3. The highest BCUT2D eigenvalue weighted by Crippen LogP contribution is 2.15. The van der Waals surface area contributed by atoms with E-state index in [1.807, 2.05) is 12.1 Å². The Hall–Kier alpha value is -2.19. The van der Waals surface area contributed by atoms with Crippen molar-refractivity contribution < 1.29 is 4.39 Å². The van der Waals surface area contributed by atoms with Crippen LogP contribution >= 0.6 is 0 Å². The van der Waals surface area contributed by atoms with Crippen molar-refractivity contribution in [2.24, 2.45) is 0 Å². The standard InChI is InChI=1S/C19H18FN/c20-19-8-4-3-6-17(19)11-12-21-14-15-9-10-16-5-1-2-7-18(16)13-15/h1-10,13,21H,11-12,14H2. The van der Waals surface area contributed by atoms with Gasteiger partial charge in [0.1, 0.15) is 5.82 Å². The first kappa shape index (κ1) is 13.8. The Morgan fingerprint density at radius 3 is 2.43 bits per heavy atom. The van der Waals surface area contributed by atoms with Gasteiger partial charge in [0.25, 0.3) is 0 Å². The summed E-state index contributed by atoms with van der Waals surface area (Å²) in [4.78, 5) is 0. The largest absolute Gasteiger partial charge is 0.312 e. The Balaban J connectivity index is 1.56. The molecule has 3 aromatic rings. The minimum Gasteiger partial charge on any atom is -0.312 e. The summed E-state index contributed by atoms with van der Waals surface area (Å²) in [6.07, 6.45) is 0.709. The Morgan fingerprint density at radius 2 is 1.57 bits per heavy atom. The third-order valence-electron chi connectivity index (χ3n) is 3.67. The van der Waals surface area contributed by atoms with Crippen LogP contribution in [0.3, 0.4) is 0 Å². The zero-order chi connectivity index (χ0) is 14.5. The summed E-state index contributed by atoms with van der Waals surface area (Å²) in [6.45, 7) is 1.58. The van der Waals surface area contributed by atoms with Crippen molar-refractivity contribution in [2.45, 2.75) is 13.0 Å². The molecule has 0 amide bonds. The molecule has 0 unspecified atom stereocenters. The van der Waals surface area contributed by atoms with Crippen LogP contribution in [0.5, 0.6) is 0 Å². The molecule has 0 aliphatic carbocycles. The minimum atomic E-state index is -0.120. The van der Waals surface area contributed by atoms with E-state index in [-0.39, 0.29) is 5.82 Å². The highest BCUT2D eigenvalue weighted by molar-refractivity contribution is 5.82. The summed E-state index contributed by atoms with van der Waals surface area (Å²) >= 11 is 0. The molecule has 1 nitrogen and oxygen atoms in total. The monoisotopic (exact) mass is 279 g/mol. The van der Waals surface area contributed by atoms with Gasteiger partial charge in [-0.2, -0.15) is 0 Å². The number of halogens is 1. The van der Waals surface area contributed by atoms with Crippen molar-refractivity contribution in [3.8, 4) is 0 Å². The van der Waals surface area contributed by atoms with Gasteiger partial charge in [-0.15, -0.1) is 0 Å². The maximum absolute atomic E-state index is 13.5. The van der Waals surface area contributed by atoms with E-state index < -0.39 is 0 Å². The molecular weight excluding hydrogens is 261 g/mol. The summed E-state index contributed by atoms with van der Waals surface area (Å²) < 4.78 is 13.5. The molecule has 0 aromatic heterocycles. The number of hydrogen-bond donors (Lipinski definition) is 1. The number of fused-ring (bicyclic) bond motifs is 1. The van der Waals surface area contributed by atoms with Crippen molar-refractivity contribution in [1.29, 1.82) is 0 Å². The number of benzene rings is 3. The first-order valence-electron chi connectivity index (χ1n) is 7.25. The maximum atomic E-state index is 13.5. The summed E-state index contributed by atoms with van der Waals surface area (Å²) in [5.74, 6) is -0.120. The van der Waals surface area contributed by atoms with Crippen molar-refractivity contribution in [1.82, 2.24) is 5.32 Å². The van der Waals surface area contributed by atoms with Crippen molar-refractivity contribution in [2.75, 3.05) is 6.54 Å². The molecule has 106 valence electrons. The van der Waals surface area contributed by atoms with Gasteiger partial charge in [0, 0.05) is 6.54 Å². The fourth-order valence-electron chi connectivity index (χ4n) is 2.51. The first-order valence-corrected chi connectivity index (χ1v) is 7.25. The molecule has 0 fully saturated rings. The maximum Gasteiger partial charge on any atom is 0.126 e. The second kappa shape index (κ2) is 6.51. The van der Waals surface area contributed by atoms with Crippen molar-refractivity contribution in [3.63, 3.8) is 0 Å². The van der Waals surface area contributed by atoms with E-state index in [1.165, 1.54) is 22.4 Å². The van der Waals surface area contributed by atoms with Gasteiger partial charge < -0.3 is 5.32 Å². The van der Waals surface area contributed by atoms with Gasteiger partial charge in [0.05, 0.1) is 0 Å². The van der Waals surface area contributed by atoms with Gasteiger partial charge in [-0.3, -0.25) is 0 Å². The molecule has 0 aliphatic heterocycles. The molecule has 3 aromatic carbocycles. The number of hydrogen-bond acceptors (Lipinski definition) is 1. The van der Waals surface area contributed by atoms with Crippen LogP contribution < -0.4 is 5.32 Å². The lowest BCUT2D eigenvalue weighted by Gasteiger charge is -2.07. The van der Waals surface area contributed by atoms with E-state index in [2.05, 4.69) is 47.8 Å². The Morgan fingerprint density at radius 1 is 0.810 bits per heavy atom. The molecule has 0 spiro atoms. The Labute approximate surface area is 124 Å². The third-order valence-corrected chi connectivity index (χ3v) is 3.67. The van der Waals surface area contributed by atoms with E-state index in [0.717, 1.165) is 18.7 Å². The predicted molar refractivity (Wildman–Crippen MR) is 85.8 cm³/mol. The highest BCUT2D eigenvalue weighted by Gasteiger charge is 2.00. The molecule has 0 saturated carbocycles. The lowest BCUT2D eigenvalue weighted by molar-refractivity contribution is 0.598. The van der Waals surface area contributed by atoms with Crippen LogP contribution in [0.25, 0.3) is 10.8 Å². The van der Waals surface area contributed by atoms with E-state index >= 15 is 0 Å². The summed E-state index contributed by atoms with van der Waals surface area (Å²) in [6, 6.07) is 21.8. The molecule has 1 N–H and O–H groups in total. The van der Waals surface area contributed by atoms with Crippen LogP contribution in [-0.4, -0.2) is 6.54 Å². The molecule has 0 bridgehead atoms. The number of rotatable bonds is 5. The smallest absolute Gasteiger partial charge is 0.126 e. The van der Waals surface area contributed by atoms with Gasteiger partial charge in [-0.25, -0.2) is 4.39 Å². The van der Waals surface area contributed by atoms with E-state index in [9.17, 15) is 4.39 Å². The predicted octanol–water partition coefficient (Wildman–Crippen LogP) is 4.31. The zero-order valence-electron chi connectivity index (χ0n) is 11.9. The topological polar surface area (TPSA) is 12.0 Å². The Bertz CT molecular complexity index is 736. The molecule has 0 saturated heterocycles. The van der Waals surface area contributed by atoms with Gasteiger partial charge in [-0.1, -0.05) is 54.6 Å². The van der Waals surface area contributed by atoms with Crippen LogP contribution in [0.1, 0.15) is 11.1 Å². The fraction of sp³-hybridized carbons (Fsp3) is 0.158. The van der Waals surface area contributed by atoms with Gasteiger partial charge in [-0.05, 0) is 47.0 Å². The van der Waals surface area contributed by atoms with Crippen LogP contribution in [0.4, 0.5) is 4.39 Å². The van der Waals surface area contributed by atoms with Gasteiger partial charge in [0.15, 0.2) is 0 Å². The molecule has 0 radical (unpaired) electrons. The second-order valence-electron chi connectivity index (χ2n) is 5.20. The van der Waals surface area contributed by atoms with Crippen molar-refractivity contribution in [3.05, 3.63) is 83.7 Å². The molecule has 3 rings (SSSR count). The van der Waals surface area contributed by atoms with E-state index in [0.29, 0.717) is 6.42 Å². The average molecular weight is 279 g/mol. The van der Waals surface area contributed by atoms with Crippen LogP contribution in [0.2, 0.25) is 0 Å². The van der Waals surface area contributed by atoms with Gasteiger partial charge >= 0.3 is 0 Å². The fourth-order valence-corrected chi connectivity index (χ4v) is 2.51. The second-order valence-corrected chi connectivity index (χ2v) is 5.20. The van der Waals surface area contributed by atoms with Crippen LogP contribution in [0.15, 0.2) is 66.7 Å². The summed E-state index contributed by atoms with van der Waals surface area (Å²) in [5.41, 5.74) is 2.02. The normalized spacial score (nSPS) is 10.9. The minimum absolute atomic E-state index is 0.120. The lowest BCUT2D eigenvalue weighted by Crippen LogP contribution is -2.17. The Kier molecular flexibility index (Phi) is 4.27. The zero-order valence-corrected chi connectivity index (χ0v) is 11.9. The number of nitrogens with one attached hydrogen (secondary N) is 1. The van der Waals surface area contributed by atoms with Gasteiger partial charge in [0.2, 0.25) is 0 Å². The molecule has 0 heterocycles. The van der Waals surface area contributed by atoms with Crippen molar-refractivity contribution >= 4 is 10.8 Å². The molecular formula is C19H18FN. The van der Waals surface area contributed by atoms with E-state index in [4.69, 9.17) is 0 Å². The molecule has 0 atom stereocenters. The third kappa shape index (κ3) is 3.47. The quantitative estimate of drug-likeness (QED) is 0.686. The highest BCUT2D eigenvalue weighted by atomic mass is 19.1. The summed E-state index contributed by atoms with van der Waals surface area (Å²) in [7, 11) is 0. The molecule has 21 heavy (non-hydrogen) atoms. The van der Waals surface area contributed by atoms with E-state index in [1.54, 1.807) is 6.07 Å². The SMILES string of the molecule is Fc1ccccc1CCNCc1ccc2ccccc2c1. The van der Waals surface area contributed by atoms with Crippen LogP contribution in [-0.2, 0) is 13.0 Å². The van der Waals surface area contributed by atoms with Crippen LogP contribution in [0, 0.1) is 5.82 Å². The lowest BCUT2D eigenvalue weighted by atomic mass is 10.1.